The van der Waals surface area contributed by atoms with E-state index in [1.54, 1.807) is 7.11 Å². The molecule has 2 aromatic rings. The molecule has 0 spiro atoms. The number of benzene rings is 1. The first kappa shape index (κ1) is 13.2. The quantitative estimate of drug-likeness (QED) is 0.792. The van der Waals surface area contributed by atoms with Gasteiger partial charge in [0.25, 0.3) is 0 Å². The number of aldehydes is 1. The van der Waals surface area contributed by atoms with Crippen LogP contribution in [0.15, 0.2) is 18.2 Å². The largest absolute Gasteiger partial charge is 0.496 e. The first-order valence-electron chi connectivity index (χ1n) is 6.02. The smallest absolute Gasteiger partial charge is 0.193 e. The summed E-state index contributed by atoms with van der Waals surface area (Å²) in [6.07, 6.45) is 0.669. The summed E-state index contributed by atoms with van der Waals surface area (Å²) in [7, 11) is 1.65. The Labute approximate surface area is 112 Å². The Bertz CT molecular complexity index is 636. The van der Waals surface area contributed by atoms with Crippen LogP contribution in [0.3, 0.4) is 0 Å². The average Bonchev–Trinajstić information content (AvgIpc) is 2.41. The molecule has 1 aromatic carbocycles. The average molecular weight is 256 g/mol. The second-order valence-electron chi connectivity index (χ2n) is 4.44. The minimum absolute atomic E-state index is 0.211. The number of ether oxygens (including phenoxy) is 1. The number of aromatic nitrogens is 2. The van der Waals surface area contributed by atoms with Gasteiger partial charge in [-0.25, -0.2) is 9.97 Å². The second-order valence-corrected chi connectivity index (χ2v) is 4.44. The summed E-state index contributed by atoms with van der Waals surface area (Å²) in [5.74, 6) is 1.06. The number of carbonyl (C=O) groups is 1. The number of carbonyl (C=O) groups excluding carboxylic acids is 1. The van der Waals surface area contributed by atoms with Crippen LogP contribution in [-0.2, 0) is 0 Å². The lowest BCUT2D eigenvalue weighted by Gasteiger charge is -2.12. The fourth-order valence-electron chi connectivity index (χ4n) is 2.08. The van der Waals surface area contributed by atoms with E-state index in [2.05, 4.69) is 9.97 Å². The van der Waals surface area contributed by atoms with E-state index in [1.807, 2.05) is 39.0 Å². The Morgan fingerprint density at radius 2 is 1.84 bits per heavy atom. The maximum absolute atomic E-state index is 10.8. The zero-order valence-electron chi connectivity index (χ0n) is 11.5. The van der Waals surface area contributed by atoms with Crippen LogP contribution in [0, 0.1) is 20.8 Å². The summed E-state index contributed by atoms with van der Waals surface area (Å²) in [4.78, 5) is 19.2. The molecule has 0 saturated carbocycles. The van der Waals surface area contributed by atoms with Crippen molar-refractivity contribution in [3.63, 3.8) is 0 Å². The van der Waals surface area contributed by atoms with Crippen molar-refractivity contribution in [1.82, 2.24) is 9.97 Å². The van der Waals surface area contributed by atoms with Crippen LogP contribution < -0.4 is 4.74 Å². The molecule has 0 radical (unpaired) electrons. The van der Waals surface area contributed by atoms with Crippen molar-refractivity contribution in [3.05, 3.63) is 40.8 Å². The molecule has 4 heteroatoms. The van der Waals surface area contributed by atoms with Gasteiger partial charge in [0.05, 0.1) is 12.8 Å². The van der Waals surface area contributed by atoms with Gasteiger partial charge in [0.15, 0.2) is 12.1 Å². The first-order valence-corrected chi connectivity index (χ1v) is 6.02. The van der Waals surface area contributed by atoms with Crippen molar-refractivity contribution < 1.29 is 9.53 Å². The van der Waals surface area contributed by atoms with Crippen LogP contribution in [0.2, 0.25) is 0 Å². The minimum atomic E-state index is 0.211. The van der Waals surface area contributed by atoms with Gasteiger partial charge in [-0.1, -0.05) is 0 Å². The Kier molecular flexibility index (Phi) is 3.60. The summed E-state index contributed by atoms with van der Waals surface area (Å²) in [6.45, 7) is 5.88. The SMILES string of the molecule is COc1ccc(-c2cc(C)nc(C=O)n2)c(C)c1C. The van der Waals surface area contributed by atoms with Crippen LogP contribution >= 0.6 is 0 Å². The maximum Gasteiger partial charge on any atom is 0.193 e. The fraction of sp³-hybridized carbons (Fsp3) is 0.267. The number of rotatable bonds is 3. The molecule has 1 aromatic heterocycles. The standard InChI is InChI=1S/C15H16N2O2/c1-9-7-13(17-15(8-18)16-9)12-5-6-14(19-4)11(3)10(12)2/h5-8H,1-4H3. The fourth-order valence-corrected chi connectivity index (χ4v) is 2.08. The third kappa shape index (κ3) is 2.47. The summed E-state index contributed by atoms with van der Waals surface area (Å²) in [5, 5.41) is 0. The highest BCUT2D eigenvalue weighted by Crippen LogP contribution is 2.30. The number of hydrogen-bond acceptors (Lipinski definition) is 4. The molecule has 98 valence electrons. The van der Waals surface area contributed by atoms with Crippen LogP contribution in [0.4, 0.5) is 0 Å². The van der Waals surface area contributed by atoms with Crippen LogP contribution in [-0.4, -0.2) is 23.4 Å². The Morgan fingerprint density at radius 3 is 2.47 bits per heavy atom. The zero-order chi connectivity index (χ0) is 14.0. The van der Waals surface area contributed by atoms with Gasteiger partial charge in [-0.3, -0.25) is 4.79 Å². The summed E-state index contributed by atoms with van der Waals surface area (Å²) in [5.41, 5.74) is 4.70. The summed E-state index contributed by atoms with van der Waals surface area (Å²) in [6, 6.07) is 5.74. The topological polar surface area (TPSA) is 52.1 Å². The number of nitrogens with zero attached hydrogens (tertiary/aromatic N) is 2. The van der Waals surface area contributed by atoms with Crippen LogP contribution in [0.25, 0.3) is 11.3 Å². The number of hydrogen-bond donors (Lipinski definition) is 0. The van der Waals surface area contributed by atoms with E-state index in [9.17, 15) is 4.79 Å². The van der Waals surface area contributed by atoms with Gasteiger partial charge >= 0.3 is 0 Å². The van der Waals surface area contributed by atoms with Crippen molar-refractivity contribution in [1.29, 1.82) is 0 Å². The van der Waals surface area contributed by atoms with Crippen LogP contribution in [0.5, 0.6) is 5.75 Å². The predicted molar refractivity (Wildman–Crippen MR) is 73.6 cm³/mol. The van der Waals surface area contributed by atoms with Gasteiger partial charge in [0.1, 0.15) is 5.75 Å². The molecule has 0 aliphatic rings. The van der Waals surface area contributed by atoms with E-state index in [0.29, 0.717) is 6.29 Å². The van der Waals surface area contributed by atoms with Gasteiger partial charge in [0, 0.05) is 11.3 Å². The highest BCUT2D eigenvalue weighted by atomic mass is 16.5. The first-order chi connectivity index (χ1) is 9.06. The number of aryl methyl sites for hydroxylation is 1. The molecule has 0 saturated heterocycles. The molecule has 0 aliphatic carbocycles. The molecule has 2 rings (SSSR count). The third-order valence-electron chi connectivity index (χ3n) is 3.21. The lowest BCUT2D eigenvalue weighted by molar-refractivity contribution is 0.111. The zero-order valence-corrected chi connectivity index (χ0v) is 11.5. The molecule has 1 heterocycles. The van der Waals surface area contributed by atoms with Crippen LogP contribution in [0.1, 0.15) is 27.4 Å². The minimum Gasteiger partial charge on any atom is -0.496 e. The van der Waals surface area contributed by atoms with Gasteiger partial charge in [-0.15, -0.1) is 0 Å². The van der Waals surface area contributed by atoms with E-state index in [-0.39, 0.29) is 5.82 Å². The normalized spacial score (nSPS) is 10.3. The van der Waals surface area contributed by atoms with Gasteiger partial charge in [-0.2, -0.15) is 0 Å². The van der Waals surface area contributed by atoms with E-state index in [4.69, 9.17) is 4.74 Å². The second kappa shape index (κ2) is 5.18. The van der Waals surface area contributed by atoms with Gasteiger partial charge in [0.2, 0.25) is 0 Å². The molecule has 0 atom stereocenters. The molecular weight excluding hydrogens is 240 g/mol. The summed E-state index contributed by atoms with van der Waals surface area (Å²) >= 11 is 0. The highest BCUT2D eigenvalue weighted by molar-refractivity contribution is 5.73. The monoisotopic (exact) mass is 256 g/mol. The van der Waals surface area contributed by atoms with Crippen molar-refractivity contribution in [2.24, 2.45) is 0 Å². The Balaban J connectivity index is 2.62. The lowest BCUT2D eigenvalue weighted by Crippen LogP contribution is -1.99. The molecule has 0 bridgehead atoms. The molecule has 0 fully saturated rings. The highest BCUT2D eigenvalue weighted by Gasteiger charge is 2.11. The number of methoxy groups -OCH3 is 1. The predicted octanol–water partition coefficient (Wildman–Crippen LogP) is 2.89. The third-order valence-corrected chi connectivity index (χ3v) is 3.21. The Hall–Kier alpha value is -2.23. The van der Waals surface area contributed by atoms with Crippen molar-refractivity contribution in [2.75, 3.05) is 7.11 Å². The molecule has 0 unspecified atom stereocenters. The van der Waals surface area contributed by atoms with Crippen molar-refractivity contribution in [2.45, 2.75) is 20.8 Å². The molecular formula is C15H16N2O2. The van der Waals surface area contributed by atoms with Crippen molar-refractivity contribution >= 4 is 6.29 Å². The van der Waals surface area contributed by atoms with E-state index < -0.39 is 0 Å². The van der Waals surface area contributed by atoms with E-state index >= 15 is 0 Å². The lowest BCUT2D eigenvalue weighted by atomic mass is 9.99. The molecule has 0 aliphatic heterocycles. The maximum atomic E-state index is 10.8. The van der Waals surface area contributed by atoms with Gasteiger partial charge < -0.3 is 4.74 Å². The van der Waals surface area contributed by atoms with Gasteiger partial charge in [-0.05, 0) is 50.1 Å². The Morgan fingerprint density at radius 1 is 1.11 bits per heavy atom. The molecule has 4 nitrogen and oxygen atoms in total. The molecule has 19 heavy (non-hydrogen) atoms. The van der Waals surface area contributed by atoms with E-state index in [1.165, 1.54) is 0 Å². The molecule has 0 amide bonds. The van der Waals surface area contributed by atoms with Crippen molar-refractivity contribution in [3.8, 4) is 17.0 Å². The summed E-state index contributed by atoms with van der Waals surface area (Å²) < 4.78 is 5.30. The molecule has 0 N–H and O–H groups in total. The van der Waals surface area contributed by atoms with E-state index in [0.717, 1.165) is 33.8 Å².